The number of benzene rings is 1. The molecule has 2 N–H and O–H groups in total. The lowest BCUT2D eigenvalue weighted by atomic mass is 10.1. The van der Waals surface area contributed by atoms with Gasteiger partial charge in [-0.15, -0.1) is 0 Å². The summed E-state index contributed by atoms with van der Waals surface area (Å²) >= 11 is 0. The van der Waals surface area contributed by atoms with Crippen molar-refractivity contribution in [3.63, 3.8) is 0 Å². The number of hydrogen-bond donors (Lipinski definition) is 2. The summed E-state index contributed by atoms with van der Waals surface area (Å²) in [4.78, 5) is 13.7. The lowest BCUT2D eigenvalue weighted by Gasteiger charge is -2.29. The second-order valence-electron chi connectivity index (χ2n) is 5.41. The van der Waals surface area contributed by atoms with Crippen molar-refractivity contribution in [1.82, 2.24) is 4.90 Å². The first-order valence-corrected chi connectivity index (χ1v) is 6.40. The van der Waals surface area contributed by atoms with Gasteiger partial charge in [-0.2, -0.15) is 0 Å². The van der Waals surface area contributed by atoms with Gasteiger partial charge < -0.3 is 19.8 Å². The highest BCUT2D eigenvalue weighted by Crippen LogP contribution is 2.22. The van der Waals surface area contributed by atoms with Gasteiger partial charge in [0.25, 0.3) is 5.91 Å². The Morgan fingerprint density at radius 3 is 2.25 bits per heavy atom. The van der Waals surface area contributed by atoms with E-state index in [-0.39, 0.29) is 24.8 Å². The van der Waals surface area contributed by atoms with Crippen LogP contribution in [0.15, 0.2) is 24.3 Å². The molecule has 1 heterocycles. The zero-order valence-electron chi connectivity index (χ0n) is 11.4. The lowest BCUT2D eigenvalue weighted by Crippen LogP contribution is -2.48. The molecular formula is C14H18FNO4. The van der Waals surface area contributed by atoms with Crippen LogP contribution in [0.2, 0.25) is 0 Å². The van der Waals surface area contributed by atoms with Crippen LogP contribution < -0.4 is 4.74 Å². The van der Waals surface area contributed by atoms with Crippen LogP contribution in [-0.2, 0) is 4.79 Å². The van der Waals surface area contributed by atoms with Crippen molar-refractivity contribution >= 4 is 5.91 Å². The summed E-state index contributed by atoms with van der Waals surface area (Å²) in [6, 6.07) is 5.38. The number of aliphatic hydroxyl groups is 2. The van der Waals surface area contributed by atoms with E-state index in [2.05, 4.69) is 0 Å². The molecular weight excluding hydrogens is 265 g/mol. The van der Waals surface area contributed by atoms with Gasteiger partial charge in [-0.3, -0.25) is 4.79 Å². The number of likely N-dealkylation sites (tertiary alicyclic amines) is 1. The number of rotatable bonds is 3. The minimum absolute atomic E-state index is 0.0796. The van der Waals surface area contributed by atoms with Gasteiger partial charge >= 0.3 is 0 Å². The lowest BCUT2D eigenvalue weighted by molar-refractivity contribution is -0.144. The van der Waals surface area contributed by atoms with Crippen molar-refractivity contribution in [3.8, 4) is 5.75 Å². The maximum atomic E-state index is 12.8. The summed E-state index contributed by atoms with van der Waals surface area (Å²) < 4.78 is 18.4. The van der Waals surface area contributed by atoms with Crippen LogP contribution in [0.3, 0.4) is 0 Å². The Labute approximate surface area is 116 Å². The molecule has 5 nitrogen and oxygen atoms in total. The molecule has 1 aliphatic rings. The van der Waals surface area contributed by atoms with Crippen LogP contribution in [-0.4, -0.2) is 51.9 Å². The number of carbonyl (C=O) groups excluding carboxylic acids is 1. The highest BCUT2D eigenvalue weighted by molar-refractivity contribution is 5.85. The molecule has 2 unspecified atom stereocenters. The zero-order valence-corrected chi connectivity index (χ0v) is 11.4. The van der Waals surface area contributed by atoms with E-state index >= 15 is 0 Å². The molecule has 0 bridgehead atoms. The Balaban J connectivity index is 2.06. The maximum absolute atomic E-state index is 12.8. The normalized spacial score (nSPS) is 22.9. The SMILES string of the molecule is CC(C)(Oc1ccc(F)cc1)C(=O)N1CC(O)C(O)C1. The summed E-state index contributed by atoms with van der Waals surface area (Å²) in [5, 5.41) is 19.0. The average Bonchev–Trinajstić information content (AvgIpc) is 2.71. The van der Waals surface area contributed by atoms with E-state index < -0.39 is 17.8 Å². The second kappa shape index (κ2) is 5.38. The molecule has 0 aromatic heterocycles. The fraction of sp³-hybridized carbons (Fsp3) is 0.500. The predicted molar refractivity (Wildman–Crippen MR) is 69.7 cm³/mol. The topological polar surface area (TPSA) is 70.0 Å². The molecule has 2 rings (SSSR count). The van der Waals surface area contributed by atoms with E-state index in [0.29, 0.717) is 5.75 Å². The fourth-order valence-electron chi connectivity index (χ4n) is 2.16. The zero-order chi connectivity index (χ0) is 14.9. The molecule has 110 valence electrons. The number of hydrogen-bond acceptors (Lipinski definition) is 4. The molecule has 20 heavy (non-hydrogen) atoms. The summed E-state index contributed by atoms with van der Waals surface area (Å²) in [6.07, 6.45) is -1.86. The molecule has 1 aromatic rings. The van der Waals surface area contributed by atoms with Gasteiger partial charge in [-0.1, -0.05) is 0 Å². The number of amides is 1. The van der Waals surface area contributed by atoms with Gasteiger partial charge in [-0.05, 0) is 38.1 Å². The van der Waals surface area contributed by atoms with Crippen molar-refractivity contribution in [2.45, 2.75) is 31.7 Å². The van der Waals surface area contributed by atoms with Crippen molar-refractivity contribution in [1.29, 1.82) is 0 Å². The summed E-state index contributed by atoms with van der Waals surface area (Å²) in [7, 11) is 0. The maximum Gasteiger partial charge on any atom is 0.266 e. The summed E-state index contributed by atoms with van der Waals surface area (Å²) in [5.41, 5.74) is -1.17. The first kappa shape index (κ1) is 14.7. The first-order valence-electron chi connectivity index (χ1n) is 6.40. The third-order valence-electron chi connectivity index (χ3n) is 3.25. The van der Waals surface area contributed by atoms with Crippen LogP contribution in [0.1, 0.15) is 13.8 Å². The van der Waals surface area contributed by atoms with E-state index in [1.165, 1.54) is 29.2 Å². The van der Waals surface area contributed by atoms with Gasteiger partial charge in [0.15, 0.2) is 5.60 Å². The molecule has 1 amide bonds. The minimum Gasteiger partial charge on any atom is -0.478 e. The van der Waals surface area contributed by atoms with E-state index in [1.807, 2.05) is 0 Å². The van der Waals surface area contributed by atoms with Crippen molar-refractivity contribution in [2.75, 3.05) is 13.1 Å². The second-order valence-corrected chi connectivity index (χ2v) is 5.41. The monoisotopic (exact) mass is 283 g/mol. The summed E-state index contributed by atoms with van der Waals surface area (Å²) in [5.74, 6) is -0.338. The van der Waals surface area contributed by atoms with Gasteiger partial charge in [0.05, 0.1) is 12.2 Å². The molecule has 1 aromatic carbocycles. The Morgan fingerprint density at radius 1 is 1.25 bits per heavy atom. The molecule has 0 radical (unpaired) electrons. The highest BCUT2D eigenvalue weighted by Gasteiger charge is 2.40. The van der Waals surface area contributed by atoms with Crippen LogP contribution in [0, 0.1) is 5.82 Å². The fourth-order valence-corrected chi connectivity index (χ4v) is 2.16. The van der Waals surface area contributed by atoms with E-state index in [4.69, 9.17) is 4.74 Å². The van der Waals surface area contributed by atoms with Crippen LogP contribution >= 0.6 is 0 Å². The molecule has 0 spiro atoms. The smallest absolute Gasteiger partial charge is 0.266 e. The Kier molecular flexibility index (Phi) is 3.96. The quantitative estimate of drug-likeness (QED) is 0.850. The minimum atomic E-state index is -1.17. The van der Waals surface area contributed by atoms with Gasteiger partial charge in [0.2, 0.25) is 0 Å². The molecule has 0 saturated carbocycles. The van der Waals surface area contributed by atoms with Crippen LogP contribution in [0.25, 0.3) is 0 Å². The number of ether oxygens (including phenoxy) is 1. The van der Waals surface area contributed by atoms with Crippen molar-refractivity contribution in [2.24, 2.45) is 0 Å². The largest absolute Gasteiger partial charge is 0.478 e. The van der Waals surface area contributed by atoms with E-state index in [1.54, 1.807) is 13.8 Å². The number of β-amino-alcohol motifs (C(OH)–C–C–N with tert-alkyl or cyclic N) is 2. The number of halogens is 1. The standard InChI is InChI=1S/C14H18FNO4/c1-14(2,20-10-5-3-9(15)4-6-10)13(19)16-7-11(17)12(18)8-16/h3-6,11-12,17-18H,7-8H2,1-2H3. The van der Waals surface area contributed by atoms with Gasteiger partial charge in [0, 0.05) is 13.1 Å². The molecule has 6 heteroatoms. The molecule has 2 atom stereocenters. The molecule has 1 fully saturated rings. The van der Waals surface area contributed by atoms with Gasteiger partial charge in [0.1, 0.15) is 11.6 Å². The third-order valence-corrected chi connectivity index (χ3v) is 3.25. The number of nitrogens with zero attached hydrogens (tertiary/aromatic N) is 1. The Bertz CT molecular complexity index is 478. The molecule has 1 saturated heterocycles. The highest BCUT2D eigenvalue weighted by atomic mass is 19.1. The number of carbonyl (C=O) groups is 1. The Morgan fingerprint density at radius 2 is 1.75 bits per heavy atom. The predicted octanol–water partition coefficient (Wildman–Crippen LogP) is 0.547. The summed E-state index contributed by atoms with van der Waals surface area (Å²) in [6.45, 7) is 3.35. The van der Waals surface area contributed by atoms with Crippen molar-refractivity contribution < 1.29 is 24.1 Å². The molecule has 0 aliphatic carbocycles. The molecule has 1 aliphatic heterocycles. The average molecular weight is 283 g/mol. The van der Waals surface area contributed by atoms with E-state index in [0.717, 1.165) is 0 Å². The van der Waals surface area contributed by atoms with Crippen molar-refractivity contribution in [3.05, 3.63) is 30.1 Å². The van der Waals surface area contributed by atoms with Crippen LogP contribution in [0.5, 0.6) is 5.75 Å². The third kappa shape index (κ3) is 3.08. The van der Waals surface area contributed by atoms with E-state index in [9.17, 15) is 19.4 Å². The van der Waals surface area contributed by atoms with Crippen LogP contribution in [0.4, 0.5) is 4.39 Å². The number of aliphatic hydroxyl groups excluding tert-OH is 2. The Hall–Kier alpha value is -1.66. The first-order chi connectivity index (χ1) is 9.29. The van der Waals surface area contributed by atoms with Gasteiger partial charge in [-0.25, -0.2) is 4.39 Å².